The quantitative estimate of drug-likeness (QED) is 0.744. The molecule has 0 bridgehead atoms. The number of ether oxygens (including phenoxy) is 1. The summed E-state index contributed by atoms with van der Waals surface area (Å²) in [4.78, 5) is 14.0. The minimum absolute atomic E-state index is 0.170. The van der Waals surface area contributed by atoms with Crippen LogP contribution in [-0.2, 0) is 9.53 Å². The number of fused-ring (bicyclic) bond motifs is 1. The average molecular weight is 226 g/mol. The van der Waals surface area contributed by atoms with Gasteiger partial charge in [0.05, 0.1) is 6.61 Å². The van der Waals surface area contributed by atoms with Crippen LogP contribution >= 0.6 is 0 Å². The summed E-state index contributed by atoms with van der Waals surface area (Å²) in [5, 5.41) is 3.38. The van der Waals surface area contributed by atoms with Crippen LogP contribution in [0.4, 0.5) is 0 Å². The van der Waals surface area contributed by atoms with Gasteiger partial charge < -0.3 is 15.0 Å². The van der Waals surface area contributed by atoms with Gasteiger partial charge in [-0.25, -0.2) is 0 Å². The fourth-order valence-electron chi connectivity index (χ4n) is 2.69. The Kier molecular flexibility index (Phi) is 3.82. The summed E-state index contributed by atoms with van der Waals surface area (Å²) in [7, 11) is 0. The van der Waals surface area contributed by atoms with Crippen molar-refractivity contribution in [2.24, 2.45) is 11.8 Å². The second kappa shape index (κ2) is 5.15. The zero-order valence-electron chi connectivity index (χ0n) is 10.2. The van der Waals surface area contributed by atoms with Gasteiger partial charge in [-0.1, -0.05) is 13.8 Å². The van der Waals surface area contributed by atoms with E-state index in [-0.39, 0.29) is 12.5 Å². The molecule has 4 nitrogen and oxygen atoms in total. The molecule has 0 aromatic carbocycles. The van der Waals surface area contributed by atoms with Crippen LogP contribution in [0.25, 0.3) is 0 Å². The number of hydrogen-bond donors (Lipinski definition) is 1. The molecule has 92 valence electrons. The molecule has 2 aliphatic heterocycles. The highest BCUT2D eigenvalue weighted by Gasteiger charge is 2.35. The van der Waals surface area contributed by atoms with Crippen LogP contribution in [0.2, 0.25) is 0 Å². The van der Waals surface area contributed by atoms with E-state index < -0.39 is 0 Å². The van der Waals surface area contributed by atoms with E-state index in [0.29, 0.717) is 17.9 Å². The lowest BCUT2D eigenvalue weighted by Gasteiger charge is -2.38. The largest absolute Gasteiger partial charge is 0.371 e. The Balaban J connectivity index is 2.11. The molecule has 0 aromatic rings. The van der Waals surface area contributed by atoms with Crippen LogP contribution in [0.3, 0.4) is 0 Å². The highest BCUT2D eigenvalue weighted by molar-refractivity contribution is 5.78. The first kappa shape index (κ1) is 11.9. The molecule has 1 N–H and O–H groups in total. The SMILES string of the molecule is CC(C)CN1C(=O)COCC2CNCCC21. The smallest absolute Gasteiger partial charge is 0.248 e. The number of hydrogen-bond acceptors (Lipinski definition) is 3. The lowest BCUT2D eigenvalue weighted by molar-refractivity contribution is -0.136. The van der Waals surface area contributed by atoms with Gasteiger partial charge in [0, 0.05) is 25.0 Å². The maximum atomic E-state index is 12.0. The third kappa shape index (κ3) is 2.55. The minimum Gasteiger partial charge on any atom is -0.371 e. The van der Waals surface area contributed by atoms with Gasteiger partial charge in [0.2, 0.25) is 5.91 Å². The van der Waals surface area contributed by atoms with Crippen LogP contribution in [0, 0.1) is 11.8 Å². The summed E-state index contributed by atoms with van der Waals surface area (Å²) < 4.78 is 5.46. The zero-order chi connectivity index (χ0) is 11.5. The van der Waals surface area contributed by atoms with Crippen LogP contribution < -0.4 is 5.32 Å². The van der Waals surface area contributed by atoms with Gasteiger partial charge in [0.15, 0.2) is 0 Å². The molecule has 0 aliphatic carbocycles. The van der Waals surface area contributed by atoms with E-state index in [2.05, 4.69) is 24.1 Å². The molecule has 2 aliphatic rings. The summed E-state index contributed by atoms with van der Waals surface area (Å²) >= 11 is 0. The third-order valence-corrected chi connectivity index (χ3v) is 3.41. The Morgan fingerprint density at radius 1 is 1.56 bits per heavy atom. The number of rotatable bonds is 2. The van der Waals surface area contributed by atoms with E-state index in [4.69, 9.17) is 4.74 Å². The fourth-order valence-corrected chi connectivity index (χ4v) is 2.69. The Morgan fingerprint density at radius 2 is 2.38 bits per heavy atom. The van der Waals surface area contributed by atoms with Crippen LogP contribution in [0.1, 0.15) is 20.3 Å². The van der Waals surface area contributed by atoms with E-state index in [1.54, 1.807) is 0 Å². The molecule has 2 saturated heterocycles. The number of carbonyl (C=O) groups is 1. The second-order valence-corrected chi connectivity index (χ2v) is 5.28. The van der Waals surface area contributed by atoms with Crippen molar-refractivity contribution in [3.8, 4) is 0 Å². The van der Waals surface area contributed by atoms with Crippen molar-refractivity contribution in [3.05, 3.63) is 0 Å². The van der Waals surface area contributed by atoms with Crippen molar-refractivity contribution in [3.63, 3.8) is 0 Å². The molecule has 2 heterocycles. The first-order valence-electron chi connectivity index (χ1n) is 6.26. The average Bonchev–Trinajstić information content (AvgIpc) is 2.40. The van der Waals surface area contributed by atoms with Crippen molar-refractivity contribution in [2.75, 3.05) is 32.8 Å². The van der Waals surface area contributed by atoms with Crippen LogP contribution in [-0.4, -0.2) is 49.7 Å². The maximum Gasteiger partial charge on any atom is 0.248 e. The predicted octanol–water partition coefficient (Wildman–Crippen LogP) is 0.479. The van der Waals surface area contributed by atoms with Crippen molar-refractivity contribution >= 4 is 5.91 Å². The summed E-state index contributed by atoms with van der Waals surface area (Å²) in [5.41, 5.74) is 0. The zero-order valence-corrected chi connectivity index (χ0v) is 10.2. The molecule has 16 heavy (non-hydrogen) atoms. The predicted molar refractivity (Wildman–Crippen MR) is 62.1 cm³/mol. The van der Waals surface area contributed by atoms with E-state index >= 15 is 0 Å². The van der Waals surface area contributed by atoms with Gasteiger partial charge in [-0.05, 0) is 18.9 Å². The van der Waals surface area contributed by atoms with Gasteiger partial charge in [-0.2, -0.15) is 0 Å². The molecule has 2 atom stereocenters. The topological polar surface area (TPSA) is 41.6 Å². The lowest BCUT2D eigenvalue weighted by atomic mass is 9.92. The molecule has 0 spiro atoms. The maximum absolute atomic E-state index is 12.0. The highest BCUT2D eigenvalue weighted by Crippen LogP contribution is 2.22. The Labute approximate surface area is 97.3 Å². The first-order valence-corrected chi connectivity index (χ1v) is 6.26. The molecule has 0 saturated carbocycles. The highest BCUT2D eigenvalue weighted by atomic mass is 16.5. The molecule has 0 aromatic heterocycles. The number of piperidine rings is 1. The Hall–Kier alpha value is -0.610. The van der Waals surface area contributed by atoms with Crippen molar-refractivity contribution in [1.82, 2.24) is 10.2 Å². The fraction of sp³-hybridized carbons (Fsp3) is 0.917. The van der Waals surface area contributed by atoms with Crippen molar-refractivity contribution < 1.29 is 9.53 Å². The number of nitrogens with one attached hydrogen (secondary N) is 1. The van der Waals surface area contributed by atoms with E-state index in [9.17, 15) is 4.79 Å². The van der Waals surface area contributed by atoms with Crippen molar-refractivity contribution in [2.45, 2.75) is 26.3 Å². The van der Waals surface area contributed by atoms with E-state index in [1.165, 1.54) is 0 Å². The van der Waals surface area contributed by atoms with Gasteiger partial charge in [-0.3, -0.25) is 4.79 Å². The molecule has 0 radical (unpaired) electrons. The number of carbonyl (C=O) groups excluding carboxylic acids is 1. The van der Waals surface area contributed by atoms with Crippen molar-refractivity contribution in [1.29, 1.82) is 0 Å². The van der Waals surface area contributed by atoms with E-state index in [1.807, 2.05) is 0 Å². The Morgan fingerprint density at radius 3 is 3.12 bits per heavy atom. The number of nitrogens with zero attached hydrogens (tertiary/aromatic N) is 1. The van der Waals surface area contributed by atoms with Gasteiger partial charge in [0.1, 0.15) is 6.61 Å². The first-order chi connectivity index (χ1) is 7.68. The number of amides is 1. The summed E-state index contributed by atoms with van der Waals surface area (Å²) in [6.45, 7) is 8.17. The standard InChI is InChI=1S/C12H22N2O2/c1-9(2)6-14-11-3-4-13-5-10(11)7-16-8-12(14)15/h9-11,13H,3-8H2,1-2H3. The van der Waals surface area contributed by atoms with Crippen LogP contribution in [0.5, 0.6) is 0 Å². The summed E-state index contributed by atoms with van der Waals surface area (Å²) in [6, 6.07) is 0.388. The summed E-state index contributed by atoms with van der Waals surface area (Å²) in [6.07, 6.45) is 1.06. The van der Waals surface area contributed by atoms with Gasteiger partial charge in [-0.15, -0.1) is 0 Å². The van der Waals surface area contributed by atoms with Crippen LogP contribution in [0.15, 0.2) is 0 Å². The molecular weight excluding hydrogens is 204 g/mol. The second-order valence-electron chi connectivity index (χ2n) is 5.28. The van der Waals surface area contributed by atoms with E-state index in [0.717, 1.165) is 32.7 Å². The molecule has 1 amide bonds. The minimum atomic E-state index is 0.170. The monoisotopic (exact) mass is 226 g/mol. The molecule has 2 unspecified atom stereocenters. The molecule has 4 heteroatoms. The third-order valence-electron chi connectivity index (χ3n) is 3.41. The lowest BCUT2D eigenvalue weighted by Crippen LogP contribution is -2.52. The van der Waals surface area contributed by atoms with Gasteiger partial charge >= 0.3 is 0 Å². The molecule has 2 rings (SSSR count). The summed E-state index contributed by atoms with van der Waals surface area (Å²) in [5.74, 6) is 1.17. The molecule has 2 fully saturated rings. The normalized spacial score (nSPS) is 31.4. The molecular formula is C12H22N2O2. The van der Waals surface area contributed by atoms with Gasteiger partial charge in [0.25, 0.3) is 0 Å². The Bertz CT molecular complexity index is 255.